The zero-order chi connectivity index (χ0) is 14.0. The standard InChI is InChI=1S/C15H21F2NO/c1-10-5-6-11(14(16)17)13(19-2)12(10)15(9-18)7-3-4-8-15/h5-6,14H,3-4,7-9,18H2,1-2H3. The average molecular weight is 269 g/mol. The van der Waals surface area contributed by atoms with Crippen molar-refractivity contribution in [3.05, 3.63) is 28.8 Å². The van der Waals surface area contributed by atoms with Crippen LogP contribution in [0.4, 0.5) is 8.78 Å². The molecule has 0 aromatic heterocycles. The minimum atomic E-state index is -2.52. The van der Waals surface area contributed by atoms with Crippen LogP contribution in [0.25, 0.3) is 0 Å². The van der Waals surface area contributed by atoms with Crippen LogP contribution in [-0.4, -0.2) is 13.7 Å². The number of alkyl halides is 2. The molecule has 0 bridgehead atoms. The molecule has 2 N–H and O–H groups in total. The Bertz CT molecular complexity index is 454. The highest BCUT2D eigenvalue weighted by Gasteiger charge is 2.39. The van der Waals surface area contributed by atoms with Gasteiger partial charge in [-0.2, -0.15) is 0 Å². The lowest BCUT2D eigenvalue weighted by atomic mass is 9.75. The van der Waals surface area contributed by atoms with Crippen LogP contribution in [0.3, 0.4) is 0 Å². The minimum absolute atomic E-state index is 0.0252. The predicted molar refractivity (Wildman–Crippen MR) is 71.9 cm³/mol. The summed E-state index contributed by atoms with van der Waals surface area (Å²) in [5.41, 5.74) is 7.65. The van der Waals surface area contributed by atoms with Gasteiger partial charge in [-0.3, -0.25) is 0 Å². The van der Waals surface area contributed by atoms with E-state index < -0.39 is 6.43 Å². The number of hydrogen-bond acceptors (Lipinski definition) is 2. The third-order valence-corrected chi connectivity index (χ3v) is 4.32. The number of hydrogen-bond donors (Lipinski definition) is 1. The first-order valence-electron chi connectivity index (χ1n) is 6.72. The van der Waals surface area contributed by atoms with Gasteiger partial charge in [0.25, 0.3) is 6.43 Å². The van der Waals surface area contributed by atoms with Gasteiger partial charge in [-0.25, -0.2) is 8.78 Å². The molecule has 4 heteroatoms. The summed E-state index contributed by atoms with van der Waals surface area (Å²) in [7, 11) is 1.46. The third-order valence-electron chi connectivity index (χ3n) is 4.32. The van der Waals surface area contributed by atoms with Crippen LogP contribution < -0.4 is 10.5 Å². The van der Waals surface area contributed by atoms with Gasteiger partial charge < -0.3 is 10.5 Å². The largest absolute Gasteiger partial charge is 0.496 e. The van der Waals surface area contributed by atoms with E-state index >= 15 is 0 Å². The van der Waals surface area contributed by atoms with Gasteiger partial charge in [0.2, 0.25) is 0 Å². The number of rotatable bonds is 4. The van der Waals surface area contributed by atoms with Crippen molar-refractivity contribution < 1.29 is 13.5 Å². The van der Waals surface area contributed by atoms with Crippen LogP contribution in [0.15, 0.2) is 12.1 Å². The number of aryl methyl sites for hydroxylation is 1. The summed E-state index contributed by atoms with van der Waals surface area (Å²) in [5, 5.41) is 0. The zero-order valence-electron chi connectivity index (χ0n) is 11.5. The van der Waals surface area contributed by atoms with Crippen molar-refractivity contribution >= 4 is 0 Å². The Morgan fingerprint density at radius 3 is 2.42 bits per heavy atom. The molecule has 1 aromatic rings. The number of ether oxygens (including phenoxy) is 1. The summed E-state index contributed by atoms with van der Waals surface area (Å²) in [6.07, 6.45) is 1.57. The highest BCUT2D eigenvalue weighted by Crippen LogP contribution is 2.47. The molecule has 0 amide bonds. The molecule has 1 aliphatic carbocycles. The maximum atomic E-state index is 13.1. The SMILES string of the molecule is COc1c(C(F)F)ccc(C)c1C1(CN)CCCC1. The van der Waals surface area contributed by atoms with Crippen LogP contribution in [0, 0.1) is 6.92 Å². The lowest BCUT2D eigenvalue weighted by Crippen LogP contribution is -2.33. The highest BCUT2D eigenvalue weighted by molar-refractivity contribution is 5.51. The number of nitrogens with two attached hydrogens (primary N) is 1. The molecule has 0 radical (unpaired) electrons. The molecule has 2 rings (SSSR count). The number of benzene rings is 1. The van der Waals surface area contributed by atoms with Crippen molar-refractivity contribution in [1.82, 2.24) is 0 Å². The normalized spacial score (nSPS) is 18.0. The van der Waals surface area contributed by atoms with Crippen molar-refractivity contribution in [1.29, 1.82) is 0 Å². The average Bonchev–Trinajstić information content (AvgIpc) is 2.87. The Labute approximate surface area is 112 Å². The van der Waals surface area contributed by atoms with E-state index in [4.69, 9.17) is 10.5 Å². The Kier molecular flexibility index (Phi) is 4.09. The van der Waals surface area contributed by atoms with Crippen LogP contribution in [0.2, 0.25) is 0 Å². The monoisotopic (exact) mass is 269 g/mol. The number of halogens is 2. The second-order valence-electron chi connectivity index (χ2n) is 5.37. The zero-order valence-corrected chi connectivity index (χ0v) is 11.5. The van der Waals surface area contributed by atoms with E-state index in [2.05, 4.69) is 0 Å². The van der Waals surface area contributed by atoms with Crippen molar-refractivity contribution in [2.45, 2.75) is 44.4 Å². The van der Waals surface area contributed by atoms with Gasteiger partial charge in [-0.15, -0.1) is 0 Å². The van der Waals surface area contributed by atoms with Gasteiger partial charge in [-0.1, -0.05) is 18.9 Å². The molecule has 19 heavy (non-hydrogen) atoms. The Hall–Kier alpha value is -1.16. The van der Waals surface area contributed by atoms with Gasteiger partial charge in [0, 0.05) is 17.5 Å². The van der Waals surface area contributed by atoms with E-state index in [1.165, 1.54) is 13.2 Å². The Morgan fingerprint density at radius 2 is 1.95 bits per heavy atom. The summed E-state index contributed by atoms with van der Waals surface area (Å²) < 4.78 is 31.6. The fourth-order valence-electron chi connectivity index (χ4n) is 3.36. The van der Waals surface area contributed by atoms with E-state index in [9.17, 15) is 8.78 Å². The van der Waals surface area contributed by atoms with Gasteiger partial charge in [0.05, 0.1) is 12.7 Å². The van der Waals surface area contributed by atoms with Crippen molar-refractivity contribution in [2.24, 2.45) is 5.73 Å². The van der Waals surface area contributed by atoms with E-state index in [1.807, 2.05) is 6.92 Å². The molecule has 0 heterocycles. The van der Waals surface area contributed by atoms with E-state index in [0.717, 1.165) is 36.8 Å². The quantitative estimate of drug-likeness (QED) is 0.904. The fourth-order valence-corrected chi connectivity index (χ4v) is 3.36. The van der Waals surface area contributed by atoms with Crippen LogP contribution >= 0.6 is 0 Å². The predicted octanol–water partition coefficient (Wildman–Crippen LogP) is 3.71. The lowest BCUT2D eigenvalue weighted by Gasteiger charge is -2.32. The van der Waals surface area contributed by atoms with Crippen molar-refractivity contribution in [2.75, 3.05) is 13.7 Å². The summed E-state index contributed by atoms with van der Waals surface area (Å²) in [6.45, 7) is 2.43. The van der Waals surface area contributed by atoms with Gasteiger partial charge in [0.15, 0.2) is 0 Å². The Balaban J connectivity index is 2.63. The first kappa shape index (κ1) is 14.3. The third kappa shape index (κ3) is 2.34. The maximum Gasteiger partial charge on any atom is 0.267 e. The maximum absolute atomic E-state index is 13.1. The molecule has 0 saturated heterocycles. The molecule has 1 aromatic carbocycles. The summed E-state index contributed by atoms with van der Waals surface area (Å²) in [4.78, 5) is 0. The highest BCUT2D eigenvalue weighted by atomic mass is 19.3. The Morgan fingerprint density at radius 1 is 1.32 bits per heavy atom. The van der Waals surface area contributed by atoms with Gasteiger partial charge in [-0.05, 0) is 31.4 Å². The molecular weight excluding hydrogens is 248 g/mol. The van der Waals surface area contributed by atoms with E-state index in [0.29, 0.717) is 12.3 Å². The minimum Gasteiger partial charge on any atom is -0.496 e. The second-order valence-corrected chi connectivity index (χ2v) is 5.37. The van der Waals surface area contributed by atoms with Crippen molar-refractivity contribution in [3.63, 3.8) is 0 Å². The van der Waals surface area contributed by atoms with Crippen LogP contribution in [0.1, 0.15) is 48.8 Å². The number of methoxy groups -OCH3 is 1. The van der Waals surface area contributed by atoms with Gasteiger partial charge >= 0.3 is 0 Å². The second kappa shape index (κ2) is 5.45. The topological polar surface area (TPSA) is 35.2 Å². The summed E-state index contributed by atoms with van der Waals surface area (Å²) in [5.74, 6) is 0.336. The molecule has 0 spiro atoms. The molecule has 1 aliphatic rings. The molecule has 0 atom stereocenters. The first-order valence-corrected chi connectivity index (χ1v) is 6.72. The molecule has 1 fully saturated rings. The summed E-state index contributed by atoms with van der Waals surface area (Å²) >= 11 is 0. The summed E-state index contributed by atoms with van der Waals surface area (Å²) in [6, 6.07) is 3.22. The molecule has 0 aliphatic heterocycles. The van der Waals surface area contributed by atoms with Crippen LogP contribution in [-0.2, 0) is 5.41 Å². The first-order chi connectivity index (χ1) is 9.05. The molecule has 0 unspecified atom stereocenters. The van der Waals surface area contributed by atoms with Gasteiger partial charge in [0.1, 0.15) is 5.75 Å². The molecule has 106 valence electrons. The van der Waals surface area contributed by atoms with Crippen molar-refractivity contribution in [3.8, 4) is 5.75 Å². The van der Waals surface area contributed by atoms with E-state index in [1.54, 1.807) is 6.07 Å². The molecular formula is C15H21F2NO. The molecule has 1 saturated carbocycles. The van der Waals surface area contributed by atoms with E-state index in [-0.39, 0.29) is 11.0 Å². The fraction of sp³-hybridized carbons (Fsp3) is 0.600. The molecule has 2 nitrogen and oxygen atoms in total. The van der Waals surface area contributed by atoms with Crippen LogP contribution in [0.5, 0.6) is 5.75 Å². The lowest BCUT2D eigenvalue weighted by molar-refractivity contribution is 0.146. The smallest absolute Gasteiger partial charge is 0.267 e.